The maximum atomic E-state index is 5.25. The largest absolute Gasteiger partial charge is 0.172 e. The molecule has 82 valence electrons. The summed E-state index contributed by atoms with van der Waals surface area (Å²) in [5.41, 5.74) is 2.86. The van der Waals surface area contributed by atoms with E-state index in [0.29, 0.717) is 4.75 Å². The molecule has 0 radical (unpaired) electrons. The molecule has 3 spiro atoms. The summed E-state index contributed by atoms with van der Waals surface area (Å²) in [4.78, 5) is 0. The molecular formula is C15H16S. The summed E-state index contributed by atoms with van der Waals surface area (Å²) in [6.45, 7) is 0. The van der Waals surface area contributed by atoms with Gasteiger partial charge in [-0.05, 0) is 83.4 Å². The molecule has 0 heterocycles. The van der Waals surface area contributed by atoms with Gasteiger partial charge in [-0.25, -0.2) is 0 Å². The summed E-state index contributed by atoms with van der Waals surface area (Å²) in [6.07, 6.45) is 6.44. The molecule has 0 aromatic heterocycles. The Morgan fingerprint density at radius 3 is 2.50 bits per heavy atom. The predicted molar refractivity (Wildman–Crippen MR) is 61.9 cm³/mol. The van der Waals surface area contributed by atoms with Crippen LogP contribution in [0.2, 0.25) is 0 Å². The molecule has 8 saturated carbocycles. The van der Waals surface area contributed by atoms with Crippen LogP contribution in [0.3, 0.4) is 0 Å². The van der Waals surface area contributed by atoms with Crippen molar-refractivity contribution in [1.82, 2.24) is 0 Å². The predicted octanol–water partition coefficient (Wildman–Crippen LogP) is 2.60. The van der Waals surface area contributed by atoms with Crippen molar-refractivity contribution in [3.05, 3.63) is 0 Å². The lowest BCUT2D eigenvalue weighted by Crippen LogP contribution is -3.17. The van der Waals surface area contributed by atoms with Crippen molar-refractivity contribution in [1.29, 1.82) is 0 Å². The van der Waals surface area contributed by atoms with E-state index in [2.05, 4.69) is 0 Å². The summed E-state index contributed by atoms with van der Waals surface area (Å²) in [6, 6.07) is 0. The van der Waals surface area contributed by atoms with Gasteiger partial charge in [-0.1, -0.05) is 0 Å². The van der Waals surface area contributed by atoms with Crippen LogP contribution in [0.15, 0.2) is 0 Å². The van der Waals surface area contributed by atoms with E-state index < -0.39 is 0 Å². The standard InChI is InChI=1S/C15H16S/c16-12-4-6-3-8-10-7-1-5-2-9-11(12)15(10,13(5,7)9)14(6,8)12/h5-11,16H,1-4H2. The Morgan fingerprint density at radius 1 is 0.875 bits per heavy atom. The van der Waals surface area contributed by atoms with Gasteiger partial charge in [0.05, 0.1) is 0 Å². The van der Waals surface area contributed by atoms with Crippen molar-refractivity contribution in [2.24, 2.45) is 57.7 Å². The van der Waals surface area contributed by atoms with Gasteiger partial charge in [-0.15, -0.1) is 0 Å². The number of rotatable bonds is 0. The van der Waals surface area contributed by atoms with Crippen LogP contribution in [0.1, 0.15) is 25.7 Å². The van der Waals surface area contributed by atoms with Gasteiger partial charge in [0.25, 0.3) is 0 Å². The van der Waals surface area contributed by atoms with Crippen LogP contribution in [0, 0.1) is 57.7 Å². The molecule has 8 fully saturated rings. The van der Waals surface area contributed by atoms with Crippen molar-refractivity contribution in [2.75, 3.05) is 0 Å². The molecule has 0 aromatic carbocycles. The van der Waals surface area contributed by atoms with E-state index in [1.54, 1.807) is 19.3 Å². The monoisotopic (exact) mass is 228 g/mol. The first-order valence-electron chi connectivity index (χ1n) is 7.49. The zero-order valence-corrected chi connectivity index (χ0v) is 10.2. The summed E-state index contributed by atoms with van der Waals surface area (Å²) < 4.78 is 0.596. The molecule has 1 heteroatoms. The van der Waals surface area contributed by atoms with E-state index in [9.17, 15) is 0 Å². The van der Waals surface area contributed by atoms with E-state index >= 15 is 0 Å². The van der Waals surface area contributed by atoms with Gasteiger partial charge < -0.3 is 0 Å². The Bertz CT molecular complexity index is 556. The van der Waals surface area contributed by atoms with Crippen LogP contribution in [-0.2, 0) is 0 Å². The third kappa shape index (κ3) is 0.235. The molecule has 0 aromatic rings. The minimum atomic E-state index is 0.596. The Kier molecular flexibility index (Phi) is 0.573. The van der Waals surface area contributed by atoms with Crippen LogP contribution in [-0.4, -0.2) is 4.75 Å². The number of fused-ring (bicyclic) bond motifs is 4. The van der Waals surface area contributed by atoms with Gasteiger partial charge >= 0.3 is 0 Å². The SMILES string of the molecule is SC12CC3CC4C5C6CC7CC8C1C5(C768)C342. The molecular weight excluding hydrogens is 212 g/mol. The van der Waals surface area contributed by atoms with Crippen LogP contribution < -0.4 is 0 Å². The fourth-order valence-corrected chi connectivity index (χ4v) is 12.2. The zero-order valence-electron chi connectivity index (χ0n) is 9.32. The molecule has 0 amide bonds. The average Bonchev–Trinajstić information content (AvgIpc) is 2.14. The highest BCUT2D eigenvalue weighted by Gasteiger charge is 3.16. The van der Waals surface area contributed by atoms with Crippen LogP contribution in [0.25, 0.3) is 0 Å². The van der Waals surface area contributed by atoms with Gasteiger partial charge in [-0.2, -0.15) is 12.6 Å². The molecule has 0 N–H and O–H groups in total. The third-order valence-corrected chi connectivity index (χ3v) is 11.1. The Labute approximate surface area is 101 Å². The van der Waals surface area contributed by atoms with E-state index in [-0.39, 0.29) is 0 Å². The molecule has 0 saturated heterocycles. The van der Waals surface area contributed by atoms with Gasteiger partial charge in [0, 0.05) is 4.75 Å². The van der Waals surface area contributed by atoms with Crippen molar-refractivity contribution >= 4 is 12.6 Å². The summed E-state index contributed by atoms with van der Waals surface area (Å²) in [7, 11) is 0. The van der Waals surface area contributed by atoms with Crippen molar-refractivity contribution in [3.8, 4) is 0 Å². The van der Waals surface area contributed by atoms with E-state index in [1.807, 2.05) is 0 Å². The van der Waals surface area contributed by atoms with Gasteiger partial charge in [0.2, 0.25) is 0 Å². The number of thiol groups is 1. The normalized spacial score (nSPS) is 101. The van der Waals surface area contributed by atoms with Crippen LogP contribution >= 0.6 is 12.6 Å². The molecule has 8 aliphatic carbocycles. The molecule has 16 heavy (non-hydrogen) atoms. The Morgan fingerprint density at radius 2 is 1.69 bits per heavy atom. The maximum absolute atomic E-state index is 5.25. The summed E-state index contributed by atoms with van der Waals surface area (Å²) in [5, 5.41) is 0. The van der Waals surface area contributed by atoms with E-state index in [1.165, 1.54) is 41.9 Å². The Hall–Kier alpha value is 0.350. The maximum Gasteiger partial charge on any atom is 0.0237 e. The quantitative estimate of drug-likeness (QED) is 0.605. The highest BCUT2D eigenvalue weighted by Crippen LogP contribution is 3.18. The highest BCUT2D eigenvalue weighted by molar-refractivity contribution is 7.82. The van der Waals surface area contributed by atoms with Crippen LogP contribution in [0.5, 0.6) is 0 Å². The van der Waals surface area contributed by atoms with E-state index in [0.717, 1.165) is 22.2 Å². The first-order valence-corrected chi connectivity index (χ1v) is 7.94. The van der Waals surface area contributed by atoms with Crippen molar-refractivity contribution in [3.63, 3.8) is 0 Å². The minimum Gasteiger partial charge on any atom is -0.172 e. The first kappa shape index (κ1) is 7.07. The molecule has 8 aliphatic rings. The molecule has 0 nitrogen and oxygen atoms in total. The fraction of sp³-hybridized carbons (Fsp3) is 1.00. The van der Waals surface area contributed by atoms with Gasteiger partial charge in [0.1, 0.15) is 0 Å². The minimum absolute atomic E-state index is 0.596. The Balaban J connectivity index is 1.51. The molecule has 0 bridgehead atoms. The second-order valence-electron chi connectivity index (χ2n) is 8.72. The lowest BCUT2D eigenvalue weighted by molar-refractivity contribution is -0.695. The van der Waals surface area contributed by atoms with Gasteiger partial charge in [0.15, 0.2) is 0 Å². The smallest absolute Gasteiger partial charge is 0.0237 e. The molecule has 8 rings (SSSR count). The van der Waals surface area contributed by atoms with Crippen molar-refractivity contribution in [2.45, 2.75) is 30.4 Å². The second kappa shape index (κ2) is 1.30. The molecule has 11 atom stereocenters. The number of hydrogen-bond acceptors (Lipinski definition) is 1. The zero-order chi connectivity index (χ0) is 9.87. The molecule has 11 unspecified atom stereocenters. The topological polar surface area (TPSA) is 0 Å². The average molecular weight is 228 g/mol. The highest BCUT2D eigenvalue weighted by atomic mass is 32.1. The van der Waals surface area contributed by atoms with Gasteiger partial charge in [-0.3, -0.25) is 0 Å². The lowest BCUT2D eigenvalue weighted by atomic mass is 8.86. The first-order chi connectivity index (χ1) is 7.77. The number of hydrogen-bond donors (Lipinski definition) is 1. The third-order valence-electron chi connectivity index (χ3n) is 10.2. The summed E-state index contributed by atoms with van der Waals surface area (Å²) in [5.74, 6) is 8.42. The van der Waals surface area contributed by atoms with E-state index in [4.69, 9.17) is 12.6 Å². The second-order valence-corrected chi connectivity index (χ2v) is 9.52. The molecule has 0 aliphatic heterocycles. The van der Waals surface area contributed by atoms with Crippen LogP contribution in [0.4, 0.5) is 0 Å². The fourth-order valence-electron chi connectivity index (χ4n) is 11.1. The van der Waals surface area contributed by atoms with Crippen molar-refractivity contribution < 1.29 is 0 Å². The lowest BCUT2D eigenvalue weighted by Gasteiger charge is -3.18. The summed E-state index contributed by atoms with van der Waals surface area (Å²) >= 11 is 5.25.